The number of hydrogen-bond acceptors (Lipinski definition) is 4. The van der Waals surface area contributed by atoms with Crippen LogP contribution in [0.4, 0.5) is 0 Å². The molecule has 1 N–H and O–H groups in total. The molecule has 1 saturated heterocycles. The van der Waals surface area contributed by atoms with Gasteiger partial charge in [0.05, 0.1) is 17.7 Å². The van der Waals surface area contributed by atoms with E-state index in [1.54, 1.807) is 17.2 Å². The van der Waals surface area contributed by atoms with Gasteiger partial charge in [-0.3, -0.25) is 4.79 Å². The predicted octanol–water partition coefficient (Wildman–Crippen LogP) is 4.28. The van der Waals surface area contributed by atoms with Crippen molar-refractivity contribution in [3.05, 3.63) is 72.6 Å². The molecule has 1 amide bonds. The molecular formula is C24H19N5O. The monoisotopic (exact) mass is 393 g/mol. The lowest BCUT2D eigenvalue weighted by Crippen LogP contribution is -2.29. The van der Waals surface area contributed by atoms with Crippen LogP contribution in [0, 0.1) is 17.2 Å². The number of pyridine rings is 2. The number of likely N-dealkylation sites (tertiary alicyclic amines) is 1. The van der Waals surface area contributed by atoms with Crippen molar-refractivity contribution in [1.82, 2.24) is 19.9 Å². The lowest BCUT2D eigenvalue weighted by Gasteiger charge is -2.15. The predicted molar refractivity (Wildman–Crippen MR) is 114 cm³/mol. The van der Waals surface area contributed by atoms with Crippen LogP contribution in [0.25, 0.3) is 33.5 Å². The smallest absolute Gasteiger partial charge is 0.272 e. The van der Waals surface area contributed by atoms with Crippen LogP contribution in [0.15, 0.2) is 66.9 Å². The molecule has 1 aliphatic heterocycles. The average Bonchev–Trinajstić information content (AvgIpc) is 3.46. The summed E-state index contributed by atoms with van der Waals surface area (Å²) in [5, 5.41) is 10.1. The van der Waals surface area contributed by atoms with Gasteiger partial charge in [-0.25, -0.2) is 9.97 Å². The number of amides is 1. The van der Waals surface area contributed by atoms with E-state index in [0.29, 0.717) is 24.5 Å². The van der Waals surface area contributed by atoms with Gasteiger partial charge < -0.3 is 9.88 Å². The molecule has 4 heterocycles. The number of nitriles is 1. The number of carbonyl (C=O) groups excluding carboxylic acids is 1. The first-order chi connectivity index (χ1) is 14.7. The highest BCUT2D eigenvalue weighted by Crippen LogP contribution is 2.27. The van der Waals surface area contributed by atoms with Crippen LogP contribution in [0.3, 0.4) is 0 Å². The first-order valence-electron chi connectivity index (χ1n) is 9.92. The van der Waals surface area contributed by atoms with Gasteiger partial charge in [0, 0.05) is 35.9 Å². The Hall–Kier alpha value is -3.98. The molecule has 30 heavy (non-hydrogen) atoms. The van der Waals surface area contributed by atoms with Crippen molar-refractivity contribution in [2.75, 3.05) is 13.1 Å². The zero-order valence-electron chi connectivity index (χ0n) is 16.2. The molecule has 1 atom stereocenters. The summed E-state index contributed by atoms with van der Waals surface area (Å²) in [6.45, 7) is 1.07. The molecule has 1 aliphatic rings. The number of H-pyrrole nitrogens is 1. The Kier molecular flexibility index (Phi) is 4.49. The minimum atomic E-state index is -0.128. The third-order valence-corrected chi connectivity index (χ3v) is 5.48. The molecule has 0 bridgehead atoms. The Balaban J connectivity index is 1.45. The van der Waals surface area contributed by atoms with E-state index in [-0.39, 0.29) is 11.8 Å². The van der Waals surface area contributed by atoms with Gasteiger partial charge in [0.1, 0.15) is 11.3 Å². The Morgan fingerprint density at radius 1 is 1.10 bits per heavy atom. The Morgan fingerprint density at radius 2 is 1.97 bits per heavy atom. The molecule has 0 saturated carbocycles. The van der Waals surface area contributed by atoms with Gasteiger partial charge in [-0.2, -0.15) is 5.26 Å². The van der Waals surface area contributed by atoms with Gasteiger partial charge in [0.25, 0.3) is 5.91 Å². The van der Waals surface area contributed by atoms with Crippen molar-refractivity contribution < 1.29 is 4.79 Å². The summed E-state index contributed by atoms with van der Waals surface area (Å²) in [5.74, 6) is -0.215. The quantitative estimate of drug-likeness (QED) is 0.563. The summed E-state index contributed by atoms with van der Waals surface area (Å²) in [4.78, 5) is 27.0. The summed E-state index contributed by atoms with van der Waals surface area (Å²) in [5.41, 5.74) is 4.87. The van der Waals surface area contributed by atoms with Crippen LogP contribution in [0.1, 0.15) is 16.9 Å². The Labute approximate surface area is 173 Å². The fourth-order valence-electron chi connectivity index (χ4n) is 3.86. The van der Waals surface area contributed by atoms with Crippen molar-refractivity contribution in [3.63, 3.8) is 0 Å². The molecule has 3 aromatic heterocycles. The second-order valence-corrected chi connectivity index (χ2v) is 7.48. The van der Waals surface area contributed by atoms with E-state index in [1.165, 1.54) is 0 Å². The highest BCUT2D eigenvalue weighted by molar-refractivity contribution is 5.93. The van der Waals surface area contributed by atoms with E-state index < -0.39 is 0 Å². The molecule has 1 unspecified atom stereocenters. The first-order valence-corrected chi connectivity index (χ1v) is 9.92. The number of aromatic amines is 1. The molecule has 1 aromatic carbocycles. The molecule has 0 spiro atoms. The number of rotatable bonds is 3. The lowest BCUT2D eigenvalue weighted by atomic mass is 10.1. The lowest BCUT2D eigenvalue weighted by molar-refractivity contribution is 0.0784. The largest absolute Gasteiger partial charge is 0.339 e. The van der Waals surface area contributed by atoms with Crippen molar-refractivity contribution >= 4 is 16.9 Å². The van der Waals surface area contributed by atoms with Crippen molar-refractivity contribution in [2.45, 2.75) is 6.42 Å². The number of carbonyl (C=O) groups is 1. The molecule has 146 valence electrons. The summed E-state index contributed by atoms with van der Waals surface area (Å²) in [6, 6.07) is 21.9. The number of nitrogens with one attached hydrogen (secondary N) is 1. The van der Waals surface area contributed by atoms with E-state index in [1.807, 2.05) is 36.4 Å². The normalized spacial score (nSPS) is 16.0. The van der Waals surface area contributed by atoms with Crippen LogP contribution in [-0.4, -0.2) is 38.8 Å². The zero-order chi connectivity index (χ0) is 20.5. The van der Waals surface area contributed by atoms with Gasteiger partial charge in [-0.15, -0.1) is 0 Å². The molecule has 6 nitrogen and oxygen atoms in total. The van der Waals surface area contributed by atoms with E-state index in [0.717, 1.165) is 34.3 Å². The summed E-state index contributed by atoms with van der Waals surface area (Å²) >= 11 is 0. The molecule has 4 aromatic rings. The zero-order valence-corrected chi connectivity index (χ0v) is 16.2. The third-order valence-electron chi connectivity index (χ3n) is 5.48. The Morgan fingerprint density at radius 3 is 2.77 bits per heavy atom. The minimum Gasteiger partial charge on any atom is -0.339 e. The van der Waals surface area contributed by atoms with Crippen LogP contribution in [-0.2, 0) is 0 Å². The number of nitrogens with zero attached hydrogens (tertiary/aromatic N) is 4. The fourth-order valence-corrected chi connectivity index (χ4v) is 3.86. The second-order valence-electron chi connectivity index (χ2n) is 7.48. The molecular weight excluding hydrogens is 374 g/mol. The standard InChI is InChI=1S/C24H19N5O/c25-13-16-9-10-29(15-16)24(30)21-8-4-7-20(27-21)19-11-18-12-22(28-23(18)26-14-19)17-5-2-1-3-6-17/h1-8,11-12,14,16H,9-10,15H2,(H,26,28). The molecule has 6 heteroatoms. The molecule has 1 fully saturated rings. The van der Waals surface area contributed by atoms with Crippen molar-refractivity contribution in [1.29, 1.82) is 5.26 Å². The summed E-state index contributed by atoms with van der Waals surface area (Å²) < 4.78 is 0. The maximum absolute atomic E-state index is 12.8. The second kappa shape index (κ2) is 7.45. The summed E-state index contributed by atoms with van der Waals surface area (Å²) in [7, 11) is 0. The molecule has 0 aliphatic carbocycles. The number of aromatic nitrogens is 3. The SMILES string of the molecule is N#CC1CCN(C(=O)c2cccc(-c3cnc4[nH]c(-c5ccccc5)cc4c3)n2)C1. The van der Waals surface area contributed by atoms with E-state index >= 15 is 0 Å². The van der Waals surface area contributed by atoms with E-state index in [4.69, 9.17) is 5.26 Å². The topological polar surface area (TPSA) is 85.7 Å². The highest BCUT2D eigenvalue weighted by atomic mass is 16.2. The third kappa shape index (κ3) is 3.31. The van der Waals surface area contributed by atoms with Crippen molar-refractivity contribution in [3.8, 4) is 28.6 Å². The number of hydrogen-bond donors (Lipinski definition) is 1. The minimum absolute atomic E-state index is 0.0869. The number of fused-ring (bicyclic) bond motifs is 1. The average molecular weight is 393 g/mol. The van der Waals surface area contributed by atoms with Gasteiger partial charge in [0.2, 0.25) is 0 Å². The Bertz CT molecular complexity index is 1270. The van der Waals surface area contributed by atoms with Crippen LogP contribution in [0.2, 0.25) is 0 Å². The summed E-state index contributed by atoms with van der Waals surface area (Å²) in [6.07, 6.45) is 2.49. The van der Waals surface area contributed by atoms with E-state index in [2.05, 4.69) is 39.2 Å². The van der Waals surface area contributed by atoms with Gasteiger partial charge >= 0.3 is 0 Å². The van der Waals surface area contributed by atoms with Crippen LogP contribution >= 0.6 is 0 Å². The highest BCUT2D eigenvalue weighted by Gasteiger charge is 2.27. The van der Waals surface area contributed by atoms with Gasteiger partial charge in [-0.05, 0) is 36.2 Å². The fraction of sp³-hybridized carbons (Fsp3) is 0.167. The van der Waals surface area contributed by atoms with Crippen LogP contribution in [0.5, 0.6) is 0 Å². The first kappa shape index (κ1) is 18.1. The maximum Gasteiger partial charge on any atom is 0.272 e. The van der Waals surface area contributed by atoms with E-state index in [9.17, 15) is 4.79 Å². The molecule has 5 rings (SSSR count). The van der Waals surface area contributed by atoms with Crippen LogP contribution < -0.4 is 0 Å². The van der Waals surface area contributed by atoms with Crippen molar-refractivity contribution in [2.24, 2.45) is 5.92 Å². The maximum atomic E-state index is 12.8. The van der Waals surface area contributed by atoms with Gasteiger partial charge in [-0.1, -0.05) is 36.4 Å². The number of benzene rings is 1. The van der Waals surface area contributed by atoms with Gasteiger partial charge in [0.15, 0.2) is 0 Å². The molecule has 0 radical (unpaired) electrons.